The Hall–Kier alpha value is -1.75. The Morgan fingerprint density at radius 3 is 3.11 bits per heavy atom. The van der Waals surface area contributed by atoms with Gasteiger partial charge in [0, 0.05) is 20.2 Å². The van der Waals surface area contributed by atoms with Crippen LogP contribution in [0.15, 0.2) is 18.2 Å². The highest BCUT2D eigenvalue weighted by atomic mass is 16.5. The summed E-state index contributed by atoms with van der Waals surface area (Å²) in [7, 11) is 1.67. The van der Waals surface area contributed by atoms with Crippen molar-refractivity contribution in [2.75, 3.05) is 32.5 Å². The summed E-state index contributed by atoms with van der Waals surface area (Å²) < 4.78 is 5.15. The standard InChI is InChI=1S/C14H20N2O3/c1-19-9-10-4-3-7-16(8-10)14(18)11-5-2-6-12(15)13(11)17/h2,5-6,10,17H,3-4,7-9,15H2,1H3. The van der Waals surface area contributed by atoms with Crippen molar-refractivity contribution in [2.45, 2.75) is 12.8 Å². The molecular formula is C14H20N2O3. The first-order valence-electron chi connectivity index (χ1n) is 6.49. The third-order valence-corrected chi connectivity index (χ3v) is 3.51. The van der Waals surface area contributed by atoms with Crippen molar-refractivity contribution in [1.29, 1.82) is 0 Å². The lowest BCUT2D eigenvalue weighted by molar-refractivity contribution is 0.0568. The van der Waals surface area contributed by atoms with Crippen LogP contribution in [-0.4, -0.2) is 42.7 Å². The number of hydrogen-bond donors (Lipinski definition) is 2. The summed E-state index contributed by atoms with van der Waals surface area (Å²) in [6.45, 7) is 2.04. The van der Waals surface area contributed by atoms with Crippen molar-refractivity contribution in [1.82, 2.24) is 4.90 Å². The predicted octanol–water partition coefficient (Wildman–Crippen LogP) is 1.47. The number of piperidine rings is 1. The number of carbonyl (C=O) groups excluding carboxylic acids is 1. The van der Waals surface area contributed by atoms with Gasteiger partial charge in [-0.25, -0.2) is 0 Å². The topological polar surface area (TPSA) is 75.8 Å². The van der Waals surface area contributed by atoms with Crippen LogP contribution in [0.1, 0.15) is 23.2 Å². The van der Waals surface area contributed by atoms with E-state index in [1.54, 1.807) is 30.2 Å². The van der Waals surface area contributed by atoms with Gasteiger partial charge in [0.1, 0.15) is 0 Å². The van der Waals surface area contributed by atoms with Gasteiger partial charge < -0.3 is 20.5 Å². The molecule has 3 N–H and O–H groups in total. The Morgan fingerprint density at radius 2 is 2.37 bits per heavy atom. The first kappa shape index (κ1) is 13.7. The quantitative estimate of drug-likeness (QED) is 0.640. The number of para-hydroxylation sites is 1. The number of phenols is 1. The number of ether oxygens (including phenoxy) is 1. The van der Waals surface area contributed by atoms with E-state index in [1.165, 1.54) is 0 Å². The Balaban J connectivity index is 2.12. The highest BCUT2D eigenvalue weighted by molar-refractivity contribution is 5.98. The number of anilines is 1. The van der Waals surface area contributed by atoms with Crippen LogP contribution in [0.3, 0.4) is 0 Å². The van der Waals surface area contributed by atoms with E-state index in [1.807, 2.05) is 0 Å². The average Bonchev–Trinajstić information content (AvgIpc) is 2.42. The molecule has 1 heterocycles. The first-order valence-corrected chi connectivity index (χ1v) is 6.49. The molecule has 5 heteroatoms. The molecule has 1 saturated heterocycles. The molecule has 1 aliphatic heterocycles. The van der Waals surface area contributed by atoms with Crippen LogP contribution in [0.4, 0.5) is 5.69 Å². The monoisotopic (exact) mass is 264 g/mol. The van der Waals surface area contributed by atoms with Crippen molar-refractivity contribution in [3.05, 3.63) is 23.8 Å². The molecule has 5 nitrogen and oxygen atoms in total. The number of hydrogen-bond acceptors (Lipinski definition) is 4. The maximum Gasteiger partial charge on any atom is 0.257 e. The third-order valence-electron chi connectivity index (χ3n) is 3.51. The van der Waals surface area contributed by atoms with Crippen molar-refractivity contribution in [3.63, 3.8) is 0 Å². The van der Waals surface area contributed by atoms with Gasteiger partial charge in [-0.2, -0.15) is 0 Å². The summed E-state index contributed by atoms with van der Waals surface area (Å²) in [5, 5.41) is 9.87. The summed E-state index contributed by atoms with van der Waals surface area (Å²) in [5.41, 5.74) is 6.13. The molecule has 0 aliphatic carbocycles. The van der Waals surface area contributed by atoms with Crippen LogP contribution in [0.5, 0.6) is 5.75 Å². The van der Waals surface area contributed by atoms with E-state index in [0.717, 1.165) is 12.8 Å². The van der Waals surface area contributed by atoms with Crippen molar-refractivity contribution in [3.8, 4) is 5.75 Å². The minimum Gasteiger partial charge on any atom is -0.505 e. The van der Waals surface area contributed by atoms with Crippen molar-refractivity contribution >= 4 is 11.6 Å². The minimum absolute atomic E-state index is 0.124. The maximum atomic E-state index is 12.4. The van der Waals surface area contributed by atoms with Gasteiger partial charge in [0.2, 0.25) is 0 Å². The summed E-state index contributed by atoms with van der Waals surface area (Å²) in [5.74, 6) is 0.0814. The molecule has 0 aromatic heterocycles. The van der Waals surface area contributed by atoms with Crippen molar-refractivity contribution in [2.24, 2.45) is 5.92 Å². The van der Waals surface area contributed by atoms with Crippen LogP contribution >= 0.6 is 0 Å². The fourth-order valence-electron chi connectivity index (χ4n) is 2.53. The number of nitrogens with zero attached hydrogens (tertiary/aromatic N) is 1. The Bertz CT molecular complexity index is 460. The number of nitrogens with two attached hydrogens (primary N) is 1. The van der Waals surface area contributed by atoms with Gasteiger partial charge in [-0.3, -0.25) is 4.79 Å². The van der Waals surface area contributed by atoms with E-state index < -0.39 is 0 Å². The van der Waals surface area contributed by atoms with Crippen LogP contribution in [-0.2, 0) is 4.74 Å². The largest absolute Gasteiger partial charge is 0.505 e. The molecule has 104 valence electrons. The molecule has 1 atom stereocenters. The Morgan fingerprint density at radius 1 is 1.58 bits per heavy atom. The van der Waals surface area contributed by atoms with Gasteiger partial charge in [0.05, 0.1) is 17.9 Å². The molecule has 1 unspecified atom stereocenters. The molecule has 1 amide bonds. The second-order valence-electron chi connectivity index (χ2n) is 4.96. The number of phenolic OH excluding ortho intramolecular Hbond substituents is 1. The van der Waals surface area contributed by atoms with E-state index in [0.29, 0.717) is 25.6 Å². The summed E-state index contributed by atoms with van der Waals surface area (Å²) in [6.07, 6.45) is 2.03. The maximum absolute atomic E-state index is 12.4. The molecule has 0 bridgehead atoms. The van der Waals surface area contributed by atoms with E-state index in [2.05, 4.69) is 0 Å². The zero-order valence-electron chi connectivity index (χ0n) is 11.1. The van der Waals surface area contributed by atoms with E-state index in [9.17, 15) is 9.90 Å². The number of carbonyl (C=O) groups is 1. The van der Waals surface area contributed by atoms with Crippen LogP contribution < -0.4 is 5.73 Å². The van der Waals surface area contributed by atoms with Gasteiger partial charge in [0.15, 0.2) is 5.75 Å². The number of methoxy groups -OCH3 is 1. The smallest absolute Gasteiger partial charge is 0.257 e. The first-order chi connectivity index (χ1) is 9.13. The minimum atomic E-state index is -0.161. The van der Waals surface area contributed by atoms with Gasteiger partial charge in [0.25, 0.3) is 5.91 Å². The molecule has 0 spiro atoms. The molecule has 2 rings (SSSR count). The van der Waals surface area contributed by atoms with Crippen LogP contribution in [0.25, 0.3) is 0 Å². The molecule has 1 aromatic rings. The summed E-state index contributed by atoms with van der Waals surface area (Å²) in [4.78, 5) is 14.2. The third kappa shape index (κ3) is 2.98. The lowest BCUT2D eigenvalue weighted by atomic mass is 9.98. The summed E-state index contributed by atoms with van der Waals surface area (Å²) in [6, 6.07) is 4.86. The van der Waals surface area contributed by atoms with E-state index in [-0.39, 0.29) is 22.9 Å². The average molecular weight is 264 g/mol. The van der Waals surface area contributed by atoms with Crippen LogP contribution in [0.2, 0.25) is 0 Å². The zero-order chi connectivity index (χ0) is 13.8. The van der Waals surface area contributed by atoms with Crippen LogP contribution in [0, 0.1) is 5.92 Å². The molecule has 1 aromatic carbocycles. The van der Waals surface area contributed by atoms with Gasteiger partial charge in [-0.05, 0) is 30.9 Å². The molecule has 19 heavy (non-hydrogen) atoms. The highest BCUT2D eigenvalue weighted by Crippen LogP contribution is 2.27. The molecule has 1 aliphatic rings. The SMILES string of the molecule is COCC1CCCN(C(=O)c2cccc(N)c2O)C1. The molecule has 0 saturated carbocycles. The number of aromatic hydroxyl groups is 1. The predicted molar refractivity (Wildman–Crippen MR) is 73.0 cm³/mol. The normalized spacial score (nSPS) is 19.4. The number of rotatable bonds is 3. The number of amides is 1. The fraction of sp³-hybridized carbons (Fsp3) is 0.500. The molecular weight excluding hydrogens is 244 g/mol. The van der Waals surface area contributed by atoms with E-state index >= 15 is 0 Å². The number of benzene rings is 1. The summed E-state index contributed by atoms with van der Waals surface area (Å²) >= 11 is 0. The van der Waals surface area contributed by atoms with Crippen molar-refractivity contribution < 1.29 is 14.6 Å². The van der Waals surface area contributed by atoms with E-state index in [4.69, 9.17) is 10.5 Å². The Kier molecular flexibility index (Phi) is 4.27. The lowest BCUT2D eigenvalue weighted by Crippen LogP contribution is -2.41. The van der Waals surface area contributed by atoms with Gasteiger partial charge >= 0.3 is 0 Å². The highest BCUT2D eigenvalue weighted by Gasteiger charge is 2.26. The second kappa shape index (κ2) is 5.93. The number of likely N-dealkylation sites (tertiary alicyclic amines) is 1. The number of nitrogen functional groups attached to an aromatic ring is 1. The lowest BCUT2D eigenvalue weighted by Gasteiger charge is -2.32. The Labute approximate surface area is 113 Å². The molecule has 1 fully saturated rings. The fourth-order valence-corrected chi connectivity index (χ4v) is 2.53. The second-order valence-corrected chi connectivity index (χ2v) is 4.96. The van der Waals surface area contributed by atoms with Gasteiger partial charge in [-0.1, -0.05) is 6.07 Å². The van der Waals surface area contributed by atoms with Gasteiger partial charge in [-0.15, -0.1) is 0 Å². The molecule has 0 radical (unpaired) electrons. The zero-order valence-corrected chi connectivity index (χ0v) is 11.1.